The minimum Gasteiger partial charge on any atom is -0.481 e. The van der Waals surface area contributed by atoms with E-state index in [-0.39, 0.29) is 17.6 Å². The zero-order chi connectivity index (χ0) is 21.5. The van der Waals surface area contributed by atoms with Crippen LogP contribution < -0.4 is 15.4 Å². The Morgan fingerprint density at radius 3 is 2.73 bits per heavy atom. The van der Waals surface area contributed by atoms with Gasteiger partial charge in [-0.3, -0.25) is 0 Å². The molecule has 2 aromatic heterocycles. The molecule has 0 unspecified atom stereocenters. The van der Waals surface area contributed by atoms with Gasteiger partial charge >= 0.3 is 0 Å². The van der Waals surface area contributed by atoms with Crippen molar-refractivity contribution in [1.29, 1.82) is 0 Å². The Bertz CT molecular complexity index is 1060. The van der Waals surface area contributed by atoms with Gasteiger partial charge in [-0.25, -0.2) is 18.4 Å². The molecule has 4 rings (SSSR count). The molecule has 0 spiro atoms. The van der Waals surface area contributed by atoms with Gasteiger partial charge < -0.3 is 20.1 Å². The molecule has 2 atom stereocenters. The molecule has 2 N–H and O–H groups in total. The molecule has 0 amide bonds. The average molecular weight is 434 g/mol. The molecule has 30 heavy (non-hydrogen) atoms. The van der Waals surface area contributed by atoms with Crippen LogP contribution in [0.2, 0.25) is 0 Å². The summed E-state index contributed by atoms with van der Waals surface area (Å²) in [7, 11) is -1.81. The highest BCUT2D eigenvalue weighted by Gasteiger charge is 2.46. The second kappa shape index (κ2) is 7.66. The highest BCUT2D eigenvalue weighted by Crippen LogP contribution is 2.42. The number of anilines is 2. The van der Waals surface area contributed by atoms with Crippen molar-refractivity contribution in [3.63, 3.8) is 0 Å². The first-order valence-electron chi connectivity index (χ1n) is 10.0. The minimum absolute atomic E-state index is 0.111. The average Bonchev–Trinajstić information content (AvgIpc) is 3.01. The molecule has 9 nitrogen and oxygen atoms in total. The molecule has 0 radical (unpaired) electrons. The maximum Gasteiger partial charge on any atom is 0.215 e. The van der Waals surface area contributed by atoms with Crippen molar-refractivity contribution in [3.8, 4) is 17.3 Å². The minimum atomic E-state index is -3.32. The van der Waals surface area contributed by atoms with Crippen LogP contribution in [0.25, 0.3) is 11.4 Å². The van der Waals surface area contributed by atoms with Crippen molar-refractivity contribution in [2.75, 3.05) is 43.3 Å². The number of sulfone groups is 1. The predicted molar refractivity (Wildman–Crippen MR) is 114 cm³/mol. The summed E-state index contributed by atoms with van der Waals surface area (Å²) >= 11 is 0. The van der Waals surface area contributed by atoms with Gasteiger partial charge in [0.2, 0.25) is 5.88 Å². The summed E-state index contributed by atoms with van der Waals surface area (Å²) in [6.45, 7) is 5.66. The first-order chi connectivity index (χ1) is 14.2. The van der Waals surface area contributed by atoms with E-state index in [2.05, 4.69) is 16.8 Å². The van der Waals surface area contributed by atoms with Gasteiger partial charge in [-0.15, -0.1) is 0 Å². The molecule has 2 saturated heterocycles. The normalized spacial score (nSPS) is 26.0. The summed E-state index contributed by atoms with van der Waals surface area (Å²) in [6, 6.07) is 5.29. The van der Waals surface area contributed by atoms with E-state index in [1.54, 1.807) is 19.1 Å². The number of ether oxygens (including phenoxy) is 2. The summed E-state index contributed by atoms with van der Waals surface area (Å²) in [5, 5.41) is 0. The van der Waals surface area contributed by atoms with Gasteiger partial charge in [0.15, 0.2) is 15.7 Å². The molecule has 2 aliphatic rings. The number of methoxy groups -OCH3 is 1. The Kier molecular flexibility index (Phi) is 5.31. The van der Waals surface area contributed by atoms with E-state index in [1.165, 1.54) is 7.11 Å². The lowest BCUT2D eigenvalue weighted by Gasteiger charge is -2.35. The van der Waals surface area contributed by atoms with Crippen LogP contribution >= 0.6 is 0 Å². The van der Waals surface area contributed by atoms with Crippen LogP contribution in [0.4, 0.5) is 11.6 Å². The molecule has 2 fully saturated rings. The van der Waals surface area contributed by atoms with E-state index < -0.39 is 14.6 Å². The van der Waals surface area contributed by atoms with Crippen molar-refractivity contribution in [2.45, 2.75) is 37.5 Å². The van der Waals surface area contributed by atoms with Gasteiger partial charge in [0.25, 0.3) is 0 Å². The standard InChI is InChI=1S/C20H27N5O4S/c1-13-12-29-7-6-25(13)17-11-15(20(2)5-4-8-30(20,26)27)22-19(24-17)14-9-16(21)23-18(10-14)28-3/h9-11,13H,4-8,12H2,1-3H3,(H2,21,23)/t13-,20-/m1/s1. The van der Waals surface area contributed by atoms with Gasteiger partial charge in [-0.2, -0.15) is 4.98 Å². The van der Waals surface area contributed by atoms with Crippen LogP contribution in [0.3, 0.4) is 0 Å². The van der Waals surface area contributed by atoms with Gasteiger partial charge in [0, 0.05) is 24.2 Å². The van der Waals surface area contributed by atoms with E-state index in [9.17, 15) is 8.42 Å². The van der Waals surface area contributed by atoms with E-state index in [0.29, 0.717) is 61.4 Å². The molecule has 0 saturated carbocycles. The van der Waals surface area contributed by atoms with Crippen molar-refractivity contribution in [1.82, 2.24) is 15.0 Å². The molecule has 0 bridgehead atoms. The fourth-order valence-electron chi connectivity index (χ4n) is 4.08. The zero-order valence-electron chi connectivity index (χ0n) is 17.5. The van der Waals surface area contributed by atoms with Crippen molar-refractivity contribution < 1.29 is 17.9 Å². The van der Waals surface area contributed by atoms with Crippen LogP contribution in [-0.4, -0.2) is 62.0 Å². The zero-order valence-corrected chi connectivity index (χ0v) is 18.3. The second-order valence-corrected chi connectivity index (χ2v) is 10.6. The van der Waals surface area contributed by atoms with Crippen LogP contribution in [0, 0.1) is 0 Å². The lowest BCUT2D eigenvalue weighted by atomic mass is 10.0. The van der Waals surface area contributed by atoms with Crippen molar-refractivity contribution in [3.05, 3.63) is 23.9 Å². The highest BCUT2D eigenvalue weighted by molar-refractivity contribution is 7.92. The maximum absolute atomic E-state index is 12.9. The third-order valence-corrected chi connectivity index (χ3v) is 8.57. The van der Waals surface area contributed by atoms with Gasteiger partial charge in [-0.05, 0) is 32.8 Å². The first-order valence-corrected chi connectivity index (χ1v) is 11.7. The smallest absolute Gasteiger partial charge is 0.215 e. The summed E-state index contributed by atoms with van der Waals surface area (Å²) in [4.78, 5) is 15.7. The predicted octanol–water partition coefficient (Wildman–Crippen LogP) is 1.78. The van der Waals surface area contributed by atoms with Crippen LogP contribution in [-0.2, 0) is 19.3 Å². The lowest BCUT2D eigenvalue weighted by Crippen LogP contribution is -2.44. The van der Waals surface area contributed by atoms with E-state index in [4.69, 9.17) is 25.2 Å². The lowest BCUT2D eigenvalue weighted by molar-refractivity contribution is 0.0985. The van der Waals surface area contributed by atoms with Gasteiger partial charge in [0.1, 0.15) is 16.4 Å². The Morgan fingerprint density at radius 2 is 2.07 bits per heavy atom. The van der Waals surface area contributed by atoms with E-state index in [0.717, 1.165) is 0 Å². The molecule has 4 heterocycles. The van der Waals surface area contributed by atoms with Crippen LogP contribution in [0.5, 0.6) is 5.88 Å². The number of nitrogens with two attached hydrogens (primary N) is 1. The Hall–Kier alpha value is -2.46. The number of nitrogens with zero attached hydrogens (tertiary/aromatic N) is 4. The summed E-state index contributed by atoms with van der Waals surface area (Å²) in [5.41, 5.74) is 7.07. The number of nitrogen functional groups attached to an aromatic ring is 1. The molecular weight excluding hydrogens is 406 g/mol. The Balaban J connectivity index is 1.90. The number of hydrogen-bond donors (Lipinski definition) is 1. The first kappa shape index (κ1) is 20.8. The number of rotatable bonds is 4. The highest BCUT2D eigenvalue weighted by atomic mass is 32.2. The topological polar surface area (TPSA) is 121 Å². The second-order valence-electron chi connectivity index (χ2n) is 8.03. The molecule has 0 aliphatic carbocycles. The van der Waals surface area contributed by atoms with Crippen molar-refractivity contribution in [2.24, 2.45) is 0 Å². The molecule has 2 aliphatic heterocycles. The largest absolute Gasteiger partial charge is 0.481 e. The van der Waals surface area contributed by atoms with Gasteiger partial charge in [0.05, 0.1) is 37.8 Å². The molecular formula is C20H27N5O4S. The Labute approximate surface area is 176 Å². The number of morpholine rings is 1. The molecule has 10 heteroatoms. The molecule has 0 aromatic carbocycles. The number of hydrogen-bond acceptors (Lipinski definition) is 9. The number of pyridine rings is 1. The quantitative estimate of drug-likeness (QED) is 0.769. The monoisotopic (exact) mass is 433 g/mol. The van der Waals surface area contributed by atoms with Crippen LogP contribution in [0.1, 0.15) is 32.4 Å². The Morgan fingerprint density at radius 1 is 1.27 bits per heavy atom. The third-order valence-electron chi connectivity index (χ3n) is 5.96. The van der Waals surface area contributed by atoms with Gasteiger partial charge in [-0.1, -0.05) is 0 Å². The fourth-order valence-corrected chi connectivity index (χ4v) is 5.93. The summed E-state index contributed by atoms with van der Waals surface area (Å²) in [5.74, 6) is 1.88. The fraction of sp³-hybridized carbons (Fsp3) is 0.550. The SMILES string of the molecule is COc1cc(-c2nc(N3CCOC[C@H]3C)cc([C@@]3(C)CCCS3(=O)=O)n2)cc(N)n1. The van der Waals surface area contributed by atoms with E-state index in [1.807, 2.05) is 6.07 Å². The van der Waals surface area contributed by atoms with Crippen LogP contribution in [0.15, 0.2) is 18.2 Å². The number of aromatic nitrogens is 3. The summed E-state index contributed by atoms with van der Waals surface area (Å²) < 4.78 is 35.5. The molecule has 162 valence electrons. The maximum atomic E-state index is 12.9. The molecule has 2 aromatic rings. The third kappa shape index (κ3) is 3.58. The van der Waals surface area contributed by atoms with E-state index >= 15 is 0 Å². The summed E-state index contributed by atoms with van der Waals surface area (Å²) in [6.07, 6.45) is 1.16. The van der Waals surface area contributed by atoms with Crippen molar-refractivity contribution >= 4 is 21.5 Å².